The molecule has 0 unspecified atom stereocenters. The van der Waals surface area contributed by atoms with Crippen molar-refractivity contribution in [3.8, 4) is 0 Å². The first-order valence-electron chi connectivity index (χ1n) is 7.96. The van der Waals surface area contributed by atoms with E-state index in [0.717, 1.165) is 12.5 Å². The molecule has 9 heteroatoms. The lowest BCUT2D eigenvalue weighted by Crippen LogP contribution is -2.24. The summed E-state index contributed by atoms with van der Waals surface area (Å²) in [5.41, 5.74) is 1.27. The number of amides is 1. The molecule has 1 fully saturated rings. The van der Waals surface area contributed by atoms with Crippen LogP contribution in [-0.4, -0.2) is 25.8 Å². The van der Waals surface area contributed by atoms with E-state index in [-0.39, 0.29) is 22.2 Å². The Labute approximate surface area is 150 Å². The summed E-state index contributed by atoms with van der Waals surface area (Å²) in [6, 6.07) is 9.80. The first kappa shape index (κ1) is 17.9. The van der Waals surface area contributed by atoms with Crippen molar-refractivity contribution in [1.82, 2.24) is 0 Å². The number of hydrogen-bond donors (Lipinski definition) is 1. The molecule has 1 saturated heterocycles. The molecule has 3 rings (SSSR count). The number of nitrogens with one attached hydrogen (secondary N) is 1. The number of sulfonamides is 1. The van der Waals surface area contributed by atoms with Gasteiger partial charge in [0.15, 0.2) is 0 Å². The number of anilines is 2. The number of non-ortho nitro benzene ring substituents is 1. The highest BCUT2D eigenvalue weighted by molar-refractivity contribution is 7.92. The number of carbonyl (C=O) groups excluding carboxylic acids is 1. The maximum absolute atomic E-state index is 12.6. The van der Waals surface area contributed by atoms with Gasteiger partial charge in [0.05, 0.1) is 15.5 Å². The fourth-order valence-electron chi connectivity index (χ4n) is 2.90. The van der Waals surface area contributed by atoms with Gasteiger partial charge >= 0.3 is 0 Å². The van der Waals surface area contributed by atoms with Crippen LogP contribution in [0.3, 0.4) is 0 Å². The fraction of sp³-hybridized carbons (Fsp3) is 0.235. The highest BCUT2D eigenvalue weighted by Gasteiger charge is 2.24. The summed E-state index contributed by atoms with van der Waals surface area (Å²) in [6.45, 7) is 2.37. The van der Waals surface area contributed by atoms with E-state index in [1.165, 1.54) is 30.3 Å². The Hall–Kier alpha value is -2.94. The first-order chi connectivity index (χ1) is 12.3. The minimum absolute atomic E-state index is 0.0249. The zero-order chi connectivity index (χ0) is 18.9. The zero-order valence-corrected chi connectivity index (χ0v) is 14.8. The number of benzene rings is 2. The quantitative estimate of drug-likeness (QED) is 0.638. The molecule has 1 aliphatic heterocycles. The van der Waals surface area contributed by atoms with Crippen LogP contribution in [0.1, 0.15) is 18.4 Å². The van der Waals surface area contributed by atoms with Crippen molar-refractivity contribution in [1.29, 1.82) is 0 Å². The van der Waals surface area contributed by atoms with E-state index in [1.807, 2.05) is 0 Å². The molecule has 2 aromatic carbocycles. The summed E-state index contributed by atoms with van der Waals surface area (Å²) in [5.74, 6) is 0.0263. The normalized spacial score (nSPS) is 14.5. The predicted molar refractivity (Wildman–Crippen MR) is 96.7 cm³/mol. The van der Waals surface area contributed by atoms with Crippen LogP contribution in [0.5, 0.6) is 0 Å². The van der Waals surface area contributed by atoms with Crippen LogP contribution in [0.25, 0.3) is 0 Å². The predicted octanol–water partition coefficient (Wildman–Crippen LogP) is 2.83. The van der Waals surface area contributed by atoms with Gasteiger partial charge in [0, 0.05) is 30.8 Å². The van der Waals surface area contributed by atoms with Gasteiger partial charge in [-0.15, -0.1) is 0 Å². The maximum Gasteiger partial charge on any atom is 0.271 e. The second-order valence-corrected chi connectivity index (χ2v) is 7.69. The van der Waals surface area contributed by atoms with Gasteiger partial charge in [0.25, 0.3) is 15.7 Å². The molecule has 1 heterocycles. The Bertz CT molecular complexity index is 988. The van der Waals surface area contributed by atoms with Crippen LogP contribution in [-0.2, 0) is 14.8 Å². The Kier molecular flexibility index (Phi) is 4.64. The van der Waals surface area contributed by atoms with Crippen molar-refractivity contribution < 1.29 is 18.1 Å². The van der Waals surface area contributed by atoms with Crippen LogP contribution in [0.4, 0.5) is 17.1 Å². The molecule has 8 nitrogen and oxygen atoms in total. The fourth-order valence-corrected chi connectivity index (χ4v) is 4.03. The topological polar surface area (TPSA) is 110 Å². The van der Waals surface area contributed by atoms with Crippen molar-refractivity contribution >= 4 is 33.0 Å². The van der Waals surface area contributed by atoms with E-state index in [9.17, 15) is 23.3 Å². The Balaban J connectivity index is 1.88. The standard InChI is InChI=1S/C17H17N3O5S/c1-12-10-15(7-8-16(12)19-9-3-6-17(19)21)26(24,25)18-13-4-2-5-14(11-13)20(22)23/h2,4-5,7-8,10-11,18H,3,6,9H2,1H3. The number of rotatable bonds is 5. The van der Waals surface area contributed by atoms with E-state index in [4.69, 9.17) is 0 Å². The molecule has 0 saturated carbocycles. The lowest BCUT2D eigenvalue weighted by atomic mass is 10.2. The van der Waals surface area contributed by atoms with E-state index in [1.54, 1.807) is 17.9 Å². The molecule has 0 spiro atoms. The van der Waals surface area contributed by atoms with Crippen molar-refractivity contribution in [2.75, 3.05) is 16.2 Å². The van der Waals surface area contributed by atoms with Gasteiger partial charge in [-0.25, -0.2) is 8.42 Å². The largest absolute Gasteiger partial charge is 0.312 e. The van der Waals surface area contributed by atoms with Gasteiger partial charge < -0.3 is 4.90 Å². The minimum Gasteiger partial charge on any atom is -0.312 e. The van der Waals surface area contributed by atoms with Crippen LogP contribution in [0.15, 0.2) is 47.4 Å². The zero-order valence-electron chi connectivity index (χ0n) is 14.0. The average Bonchev–Trinajstić information content (AvgIpc) is 3.00. The van der Waals surface area contributed by atoms with Crippen LogP contribution in [0.2, 0.25) is 0 Å². The van der Waals surface area contributed by atoms with Crippen LogP contribution < -0.4 is 9.62 Å². The highest BCUT2D eigenvalue weighted by atomic mass is 32.2. The smallest absolute Gasteiger partial charge is 0.271 e. The van der Waals surface area contributed by atoms with Crippen LogP contribution >= 0.6 is 0 Å². The number of aryl methyl sites for hydroxylation is 1. The summed E-state index contributed by atoms with van der Waals surface area (Å²) < 4.78 is 27.5. The molecule has 1 amide bonds. The molecule has 26 heavy (non-hydrogen) atoms. The second-order valence-electron chi connectivity index (χ2n) is 6.01. The number of hydrogen-bond acceptors (Lipinski definition) is 5. The maximum atomic E-state index is 12.6. The van der Waals surface area contributed by atoms with E-state index >= 15 is 0 Å². The number of nitro groups is 1. The van der Waals surface area contributed by atoms with Crippen molar-refractivity contribution in [2.45, 2.75) is 24.7 Å². The Morgan fingerprint density at radius 3 is 2.58 bits per heavy atom. The van der Waals surface area contributed by atoms with Gasteiger partial charge in [0.2, 0.25) is 5.91 Å². The van der Waals surface area contributed by atoms with Gasteiger partial charge in [0.1, 0.15) is 0 Å². The molecule has 2 aromatic rings. The average molecular weight is 375 g/mol. The molecule has 136 valence electrons. The molecule has 1 N–H and O–H groups in total. The molecule has 0 bridgehead atoms. The van der Waals surface area contributed by atoms with E-state index in [2.05, 4.69) is 4.72 Å². The SMILES string of the molecule is Cc1cc(S(=O)(=O)Nc2cccc([N+](=O)[O-])c2)ccc1N1CCCC1=O. The summed E-state index contributed by atoms with van der Waals surface area (Å²) in [5, 5.41) is 10.8. The summed E-state index contributed by atoms with van der Waals surface area (Å²) in [4.78, 5) is 23.8. The summed E-state index contributed by atoms with van der Waals surface area (Å²) in [6.07, 6.45) is 1.28. The molecule has 0 aromatic heterocycles. The van der Waals surface area contributed by atoms with Crippen molar-refractivity contribution in [2.24, 2.45) is 0 Å². The lowest BCUT2D eigenvalue weighted by molar-refractivity contribution is -0.384. The van der Waals surface area contributed by atoms with Gasteiger partial charge in [-0.1, -0.05) is 6.07 Å². The third kappa shape index (κ3) is 3.52. The molecule has 0 aliphatic carbocycles. The minimum atomic E-state index is -3.91. The number of nitrogens with zero attached hydrogens (tertiary/aromatic N) is 2. The summed E-state index contributed by atoms with van der Waals surface area (Å²) >= 11 is 0. The van der Waals surface area contributed by atoms with Gasteiger partial charge in [-0.05, 0) is 43.2 Å². The lowest BCUT2D eigenvalue weighted by Gasteiger charge is -2.19. The Morgan fingerprint density at radius 1 is 1.19 bits per heavy atom. The monoisotopic (exact) mass is 375 g/mol. The number of nitro benzene ring substituents is 1. The van der Waals surface area contributed by atoms with E-state index in [0.29, 0.717) is 24.2 Å². The summed E-state index contributed by atoms with van der Waals surface area (Å²) in [7, 11) is -3.91. The van der Waals surface area contributed by atoms with Crippen molar-refractivity contribution in [3.05, 3.63) is 58.1 Å². The number of carbonyl (C=O) groups is 1. The molecule has 0 atom stereocenters. The van der Waals surface area contributed by atoms with Gasteiger partial charge in [-0.3, -0.25) is 19.6 Å². The van der Waals surface area contributed by atoms with Crippen molar-refractivity contribution in [3.63, 3.8) is 0 Å². The third-order valence-corrected chi connectivity index (χ3v) is 5.53. The molecular formula is C17H17N3O5S. The van der Waals surface area contributed by atoms with E-state index < -0.39 is 14.9 Å². The molecule has 0 radical (unpaired) electrons. The second kappa shape index (κ2) is 6.75. The third-order valence-electron chi connectivity index (χ3n) is 4.15. The Morgan fingerprint density at radius 2 is 1.96 bits per heavy atom. The van der Waals surface area contributed by atoms with Gasteiger partial charge in [-0.2, -0.15) is 0 Å². The first-order valence-corrected chi connectivity index (χ1v) is 9.44. The highest BCUT2D eigenvalue weighted by Crippen LogP contribution is 2.28. The molecular weight excluding hydrogens is 358 g/mol. The van der Waals surface area contributed by atoms with Crippen LogP contribution in [0, 0.1) is 17.0 Å². The molecule has 1 aliphatic rings.